The monoisotopic (exact) mass is 419 g/mol. The molecule has 1 N–H and O–H groups in total. The highest BCUT2D eigenvalue weighted by Gasteiger charge is 2.25. The van der Waals surface area contributed by atoms with Crippen LogP contribution in [0.2, 0.25) is 0 Å². The summed E-state index contributed by atoms with van der Waals surface area (Å²) in [7, 11) is 3.98. The molecule has 0 spiro atoms. The van der Waals surface area contributed by atoms with E-state index in [4.69, 9.17) is 0 Å². The fraction of sp³-hybridized carbons (Fsp3) is 0.435. The lowest BCUT2D eigenvalue weighted by Crippen LogP contribution is -2.39. The van der Waals surface area contributed by atoms with E-state index >= 15 is 0 Å². The van der Waals surface area contributed by atoms with Gasteiger partial charge in [-0.05, 0) is 87.0 Å². The zero-order valence-corrected chi connectivity index (χ0v) is 18.5. The Bertz CT molecular complexity index is 1050. The molecule has 1 fully saturated rings. The third-order valence-corrected chi connectivity index (χ3v) is 5.35. The van der Waals surface area contributed by atoms with Crippen LogP contribution >= 0.6 is 0 Å². The van der Waals surface area contributed by atoms with Crippen LogP contribution in [0.1, 0.15) is 41.5 Å². The maximum atomic E-state index is 13.1. The number of likely N-dealkylation sites (N-methyl/N-ethyl adjacent to an activating group) is 1. The fourth-order valence-electron chi connectivity index (χ4n) is 3.67. The molecule has 1 aliphatic rings. The van der Waals surface area contributed by atoms with E-state index in [1.807, 2.05) is 69.4 Å². The zero-order valence-electron chi connectivity index (χ0n) is 18.5. The quantitative estimate of drug-likeness (QED) is 0.604. The minimum Gasteiger partial charge on any atom is -0.348 e. The lowest BCUT2D eigenvalue weighted by molar-refractivity contribution is 0.0934. The minimum absolute atomic E-state index is 0.0190. The normalized spacial score (nSPS) is 14.6. The van der Waals surface area contributed by atoms with Crippen LogP contribution in [0.5, 0.6) is 0 Å². The van der Waals surface area contributed by atoms with Crippen LogP contribution in [-0.4, -0.2) is 62.7 Å². The number of benzene rings is 1. The van der Waals surface area contributed by atoms with Crippen molar-refractivity contribution in [3.63, 3.8) is 0 Å². The molecule has 1 unspecified atom stereocenters. The van der Waals surface area contributed by atoms with E-state index in [9.17, 15) is 4.79 Å². The number of rotatable bonds is 8. The second-order valence-corrected chi connectivity index (χ2v) is 8.78. The van der Waals surface area contributed by atoms with E-state index < -0.39 is 0 Å². The van der Waals surface area contributed by atoms with Crippen molar-refractivity contribution in [3.8, 4) is 16.9 Å². The molecule has 1 saturated carbocycles. The number of tetrazole rings is 1. The summed E-state index contributed by atoms with van der Waals surface area (Å²) in [6, 6.07) is 9.72. The van der Waals surface area contributed by atoms with Crippen LogP contribution in [0.3, 0.4) is 0 Å². The van der Waals surface area contributed by atoms with Gasteiger partial charge < -0.3 is 10.2 Å². The SMILES string of the molecule is Cc1ccc(-c2cc(C(=O)NC(C)CN(C)C)cc(-n3nnnc3CC3CC3)c2)nc1. The van der Waals surface area contributed by atoms with E-state index in [-0.39, 0.29) is 11.9 Å². The van der Waals surface area contributed by atoms with Crippen molar-refractivity contribution in [2.24, 2.45) is 5.92 Å². The van der Waals surface area contributed by atoms with Gasteiger partial charge in [-0.25, -0.2) is 0 Å². The molecule has 0 radical (unpaired) electrons. The summed E-state index contributed by atoms with van der Waals surface area (Å²) in [4.78, 5) is 19.7. The molecular weight excluding hydrogens is 390 g/mol. The first kappa shape index (κ1) is 21.1. The number of hydrogen-bond donors (Lipinski definition) is 1. The summed E-state index contributed by atoms with van der Waals surface area (Å²) in [6.07, 6.45) is 5.12. The third-order valence-electron chi connectivity index (χ3n) is 5.35. The zero-order chi connectivity index (χ0) is 22.0. The number of carbonyl (C=O) groups excluding carboxylic acids is 1. The first-order valence-electron chi connectivity index (χ1n) is 10.7. The molecule has 3 aromatic rings. The topological polar surface area (TPSA) is 88.8 Å². The average Bonchev–Trinajstić information content (AvgIpc) is 3.42. The summed E-state index contributed by atoms with van der Waals surface area (Å²) in [5, 5.41) is 15.4. The Kier molecular flexibility index (Phi) is 6.08. The van der Waals surface area contributed by atoms with E-state index in [1.54, 1.807) is 4.68 Å². The molecule has 2 aromatic heterocycles. The Morgan fingerprint density at radius 1 is 1.26 bits per heavy atom. The number of aromatic nitrogens is 5. The number of carbonyl (C=O) groups is 1. The van der Waals surface area contributed by atoms with Gasteiger partial charge in [0.25, 0.3) is 5.91 Å². The summed E-state index contributed by atoms with van der Waals surface area (Å²) in [6.45, 7) is 4.76. The number of amides is 1. The second-order valence-electron chi connectivity index (χ2n) is 8.78. The van der Waals surface area contributed by atoms with Crippen molar-refractivity contribution >= 4 is 5.91 Å². The first-order chi connectivity index (χ1) is 14.9. The predicted molar refractivity (Wildman–Crippen MR) is 119 cm³/mol. The van der Waals surface area contributed by atoms with Crippen LogP contribution in [0.25, 0.3) is 16.9 Å². The molecule has 1 aromatic carbocycles. The van der Waals surface area contributed by atoms with Crippen molar-refractivity contribution in [2.45, 2.75) is 39.2 Å². The van der Waals surface area contributed by atoms with Crippen molar-refractivity contribution in [1.82, 2.24) is 35.4 Å². The lowest BCUT2D eigenvalue weighted by atomic mass is 10.0. The van der Waals surface area contributed by atoms with Gasteiger partial charge in [0.2, 0.25) is 0 Å². The molecule has 162 valence electrons. The van der Waals surface area contributed by atoms with E-state index in [1.165, 1.54) is 12.8 Å². The number of nitrogens with zero attached hydrogens (tertiary/aromatic N) is 6. The molecule has 31 heavy (non-hydrogen) atoms. The van der Waals surface area contributed by atoms with Crippen LogP contribution < -0.4 is 5.32 Å². The van der Waals surface area contributed by atoms with Crippen molar-refractivity contribution in [3.05, 3.63) is 53.5 Å². The second kappa shape index (κ2) is 8.93. The summed E-state index contributed by atoms with van der Waals surface area (Å²) in [5.41, 5.74) is 4.08. The highest BCUT2D eigenvalue weighted by molar-refractivity contribution is 5.96. The highest BCUT2D eigenvalue weighted by atomic mass is 16.1. The summed E-state index contributed by atoms with van der Waals surface area (Å²) >= 11 is 0. The Morgan fingerprint density at radius 2 is 2.06 bits per heavy atom. The molecule has 1 atom stereocenters. The smallest absolute Gasteiger partial charge is 0.251 e. The van der Waals surface area contributed by atoms with Gasteiger partial charge in [-0.1, -0.05) is 6.07 Å². The van der Waals surface area contributed by atoms with Gasteiger partial charge in [0.15, 0.2) is 5.82 Å². The van der Waals surface area contributed by atoms with E-state index in [2.05, 4.69) is 25.8 Å². The molecule has 8 heteroatoms. The van der Waals surface area contributed by atoms with Crippen molar-refractivity contribution in [1.29, 1.82) is 0 Å². The molecule has 8 nitrogen and oxygen atoms in total. The van der Waals surface area contributed by atoms with Gasteiger partial charge in [0.1, 0.15) is 0 Å². The highest BCUT2D eigenvalue weighted by Crippen LogP contribution is 2.32. The van der Waals surface area contributed by atoms with Crippen LogP contribution in [0, 0.1) is 12.8 Å². The third kappa shape index (κ3) is 5.32. The Balaban J connectivity index is 1.71. The molecule has 2 heterocycles. The van der Waals surface area contributed by atoms with E-state index in [0.717, 1.165) is 41.3 Å². The fourth-order valence-corrected chi connectivity index (χ4v) is 3.67. The molecule has 1 amide bonds. The predicted octanol–water partition coefficient (Wildman–Crippen LogP) is 2.67. The number of pyridine rings is 1. The summed E-state index contributed by atoms with van der Waals surface area (Å²) in [5.74, 6) is 1.35. The molecule has 0 bridgehead atoms. The minimum atomic E-state index is -0.124. The Labute approximate surface area is 182 Å². The van der Waals surface area contributed by atoms with Gasteiger partial charge in [-0.2, -0.15) is 4.68 Å². The Morgan fingerprint density at radius 3 is 2.74 bits per heavy atom. The van der Waals surface area contributed by atoms with Crippen LogP contribution in [0.15, 0.2) is 36.5 Å². The van der Waals surface area contributed by atoms with Crippen LogP contribution in [0.4, 0.5) is 0 Å². The Hall–Kier alpha value is -3.13. The van der Waals surface area contributed by atoms with Gasteiger partial charge in [0, 0.05) is 36.3 Å². The molecule has 1 aliphatic carbocycles. The maximum absolute atomic E-state index is 13.1. The maximum Gasteiger partial charge on any atom is 0.251 e. The molecule has 4 rings (SSSR count). The number of aryl methyl sites for hydroxylation is 1. The van der Waals surface area contributed by atoms with E-state index in [0.29, 0.717) is 11.5 Å². The molecular formula is C23H29N7O. The van der Waals surface area contributed by atoms with Gasteiger partial charge in [-0.3, -0.25) is 9.78 Å². The first-order valence-corrected chi connectivity index (χ1v) is 10.7. The molecule has 0 saturated heterocycles. The summed E-state index contributed by atoms with van der Waals surface area (Å²) < 4.78 is 1.75. The number of nitrogens with one attached hydrogen (secondary N) is 1. The van der Waals surface area contributed by atoms with Gasteiger partial charge >= 0.3 is 0 Å². The lowest BCUT2D eigenvalue weighted by Gasteiger charge is -2.19. The molecule has 0 aliphatic heterocycles. The van der Waals surface area contributed by atoms with Crippen molar-refractivity contribution < 1.29 is 4.79 Å². The largest absolute Gasteiger partial charge is 0.348 e. The average molecular weight is 420 g/mol. The number of hydrogen-bond acceptors (Lipinski definition) is 6. The van der Waals surface area contributed by atoms with Gasteiger partial charge in [-0.15, -0.1) is 5.10 Å². The van der Waals surface area contributed by atoms with Gasteiger partial charge in [0.05, 0.1) is 11.4 Å². The standard InChI is InChI=1S/C23H29N7O/c1-15-5-8-21(24-13-15)18-10-19(23(31)25-16(2)14-29(3)4)12-20(11-18)30-22(26-27-28-30)9-17-6-7-17/h5,8,10-13,16-17H,6-7,9,14H2,1-4H3,(H,25,31). The van der Waals surface area contributed by atoms with Crippen LogP contribution in [-0.2, 0) is 6.42 Å². The van der Waals surface area contributed by atoms with Crippen molar-refractivity contribution in [2.75, 3.05) is 20.6 Å².